The third kappa shape index (κ3) is 4.00. The molecule has 23 heavy (non-hydrogen) atoms. The van der Waals surface area contributed by atoms with Crippen molar-refractivity contribution in [1.82, 2.24) is 15.1 Å². The van der Waals surface area contributed by atoms with E-state index >= 15 is 0 Å². The number of nitrogens with zero attached hydrogens (tertiary/aromatic N) is 2. The molecule has 0 saturated carbocycles. The Labute approximate surface area is 143 Å². The van der Waals surface area contributed by atoms with Gasteiger partial charge in [0.25, 0.3) is 0 Å². The highest BCUT2D eigenvalue weighted by Crippen LogP contribution is 2.34. The van der Waals surface area contributed by atoms with Gasteiger partial charge >= 0.3 is 6.18 Å². The number of piperidine rings is 1. The monoisotopic (exact) mass is 365 g/mol. The highest BCUT2D eigenvalue weighted by molar-refractivity contribution is 6.30. The van der Waals surface area contributed by atoms with Gasteiger partial charge in [0.1, 0.15) is 0 Å². The van der Waals surface area contributed by atoms with Crippen LogP contribution < -0.4 is 5.32 Å². The molecule has 8 heteroatoms. The number of aromatic nitrogens is 2. The first-order chi connectivity index (χ1) is 10.4. The van der Waals surface area contributed by atoms with Gasteiger partial charge in [0.2, 0.25) is 0 Å². The van der Waals surface area contributed by atoms with Crippen molar-refractivity contribution < 1.29 is 13.2 Å². The lowest BCUT2D eigenvalue weighted by Gasteiger charge is -2.23. The Bertz CT molecular complexity index is 647. The lowest BCUT2D eigenvalue weighted by Crippen LogP contribution is -2.27. The molecule has 2 heterocycles. The predicted octanol–water partition coefficient (Wildman–Crippen LogP) is 4.43. The minimum atomic E-state index is -4.45. The molecule has 126 valence electrons. The summed E-state index contributed by atoms with van der Waals surface area (Å²) >= 11 is 5.85. The van der Waals surface area contributed by atoms with Crippen LogP contribution in [0.2, 0.25) is 5.02 Å². The van der Waals surface area contributed by atoms with Crippen LogP contribution in [0.25, 0.3) is 5.69 Å². The van der Waals surface area contributed by atoms with Gasteiger partial charge in [-0.25, -0.2) is 4.68 Å². The lowest BCUT2D eigenvalue weighted by atomic mass is 9.94. The van der Waals surface area contributed by atoms with Crippen LogP contribution in [-0.4, -0.2) is 22.9 Å². The number of alkyl halides is 3. The van der Waals surface area contributed by atoms with Gasteiger partial charge in [-0.15, -0.1) is 12.4 Å². The van der Waals surface area contributed by atoms with E-state index in [0.29, 0.717) is 16.4 Å². The van der Waals surface area contributed by atoms with E-state index in [9.17, 15) is 13.2 Å². The summed E-state index contributed by atoms with van der Waals surface area (Å²) in [5.41, 5.74) is 0.348. The number of benzene rings is 1. The molecule has 0 atom stereocenters. The largest absolute Gasteiger partial charge is 0.435 e. The maximum atomic E-state index is 13.0. The Morgan fingerprint density at radius 1 is 1.13 bits per heavy atom. The summed E-state index contributed by atoms with van der Waals surface area (Å²) in [4.78, 5) is 0. The number of halogens is 5. The molecule has 0 bridgehead atoms. The summed E-state index contributed by atoms with van der Waals surface area (Å²) in [5.74, 6) is 0.0699. The molecule has 1 N–H and O–H groups in total. The van der Waals surface area contributed by atoms with E-state index in [4.69, 9.17) is 11.6 Å². The van der Waals surface area contributed by atoms with Crippen molar-refractivity contribution in [2.45, 2.75) is 24.9 Å². The first kappa shape index (κ1) is 18.1. The van der Waals surface area contributed by atoms with Gasteiger partial charge in [-0.3, -0.25) is 0 Å². The Morgan fingerprint density at radius 2 is 1.74 bits per heavy atom. The molecule has 1 saturated heterocycles. The highest BCUT2D eigenvalue weighted by Gasteiger charge is 2.36. The van der Waals surface area contributed by atoms with Gasteiger partial charge < -0.3 is 5.32 Å². The van der Waals surface area contributed by atoms with Crippen molar-refractivity contribution in [3.63, 3.8) is 0 Å². The summed E-state index contributed by atoms with van der Waals surface area (Å²) in [7, 11) is 0. The molecule has 1 aromatic carbocycles. The van der Waals surface area contributed by atoms with Gasteiger partial charge in [-0.05, 0) is 56.3 Å². The van der Waals surface area contributed by atoms with E-state index in [-0.39, 0.29) is 18.3 Å². The van der Waals surface area contributed by atoms with E-state index in [1.54, 1.807) is 24.3 Å². The normalized spacial score (nSPS) is 16.2. The maximum Gasteiger partial charge on any atom is 0.435 e. The van der Waals surface area contributed by atoms with Crippen LogP contribution in [0, 0.1) is 0 Å². The second-order valence-electron chi connectivity index (χ2n) is 5.36. The second-order valence-corrected chi connectivity index (χ2v) is 5.80. The second kappa shape index (κ2) is 7.11. The molecule has 0 spiro atoms. The van der Waals surface area contributed by atoms with Crippen molar-refractivity contribution in [3.05, 3.63) is 46.7 Å². The fourth-order valence-corrected chi connectivity index (χ4v) is 2.86. The van der Waals surface area contributed by atoms with E-state index < -0.39 is 11.9 Å². The van der Waals surface area contributed by atoms with E-state index in [1.165, 1.54) is 10.7 Å². The molecule has 0 aliphatic carbocycles. The number of nitrogens with one attached hydrogen (secondary N) is 1. The van der Waals surface area contributed by atoms with Crippen LogP contribution >= 0.6 is 24.0 Å². The smallest absolute Gasteiger partial charge is 0.317 e. The van der Waals surface area contributed by atoms with Crippen molar-refractivity contribution in [2.24, 2.45) is 0 Å². The number of hydrogen-bond acceptors (Lipinski definition) is 2. The Hall–Kier alpha value is -1.24. The van der Waals surface area contributed by atoms with Crippen molar-refractivity contribution >= 4 is 24.0 Å². The first-order valence-electron chi connectivity index (χ1n) is 7.09. The van der Waals surface area contributed by atoms with Gasteiger partial charge in [0.15, 0.2) is 5.69 Å². The van der Waals surface area contributed by atoms with Crippen molar-refractivity contribution in [1.29, 1.82) is 0 Å². The summed E-state index contributed by atoms with van der Waals surface area (Å²) in [6.45, 7) is 1.61. The third-order valence-electron chi connectivity index (χ3n) is 3.86. The van der Waals surface area contributed by atoms with E-state index in [1.807, 2.05) is 0 Å². The SMILES string of the molecule is Cl.FC(F)(F)c1cc(C2CCNCC2)n(-c2ccc(Cl)cc2)n1. The van der Waals surface area contributed by atoms with Crippen LogP contribution in [0.5, 0.6) is 0 Å². The summed E-state index contributed by atoms with van der Waals surface area (Å²) in [6.07, 6.45) is -2.84. The average Bonchev–Trinajstić information content (AvgIpc) is 2.94. The number of hydrogen-bond donors (Lipinski definition) is 1. The van der Waals surface area contributed by atoms with Crippen LogP contribution in [0.4, 0.5) is 13.2 Å². The van der Waals surface area contributed by atoms with Crippen LogP contribution in [0.3, 0.4) is 0 Å². The summed E-state index contributed by atoms with van der Waals surface area (Å²) in [5, 5.41) is 7.54. The van der Waals surface area contributed by atoms with Gasteiger partial charge in [0.05, 0.1) is 5.69 Å². The Kier molecular flexibility index (Phi) is 5.60. The fourth-order valence-electron chi connectivity index (χ4n) is 2.73. The predicted molar refractivity (Wildman–Crippen MR) is 85.7 cm³/mol. The topological polar surface area (TPSA) is 29.9 Å². The summed E-state index contributed by atoms with van der Waals surface area (Å²) < 4.78 is 40.5. The van der Waals surface area contributed by atoms with Gasteiger partial charge in [0, 0.05) is 16.6 Å². The fraction of sp³-hybridized carbons (Fsp3) is 0.400. The standard InChI is InChI=1S/C15H15ClF3N3.ClH/c16-11-1-3-12(4-2-11)22-13(10-5-7-20-8-6-10)9-14(21-22)15(17,18)19;/h1-4,9-10,20H,5-8H2;1H. The van der Waals surface area contributed by atoms with Crippen LogP contribution in [0.15, 0.2) is 30.3 Å². The molecule has 1 aliphatic rings. The maximum absolute atomic E-state index is 13.0. The third-order valence-corrected chi connectivity index (χ3v) is 4.11. The lowest BCUT2D eigenvalue weighted by molar-refractivity contribution is -0.141. The van der Waals surface area contributed by atoms with Gasteiger partial charge in [-0.1, -0.05) is 11.6 Å². The van der Waals surface area contributed by atoms with Crippen molar-refractivity contribution in [3.8, 4) is 5.69 Å². The molecule has 0 unspecified atom stereocenters. The zero-order chi connectivity index (χ0) is 15.7. The molecule has 0 radical (unpaired) electrons. The van der Waals surface area contributed by atoms with Crippen molar-refractivity contribution in [2.75, 3.05) is 13.1 Å². The molecular weight excluding hydrogens is 350 g/mol. The zero-order valence-electron chi connectivity index (χ0n) is 12.1. The molecule has 1 aromatic heterocycles. The molecule has 1 fully saturated rings. The minimum absolute atomic E-state index is 0. The molecule has 3 nitrogen and oxygen atoms in total. The molecule has 2 aromatic rings. The Balaban J connectivity index is 0.00000192. The minimum Gasteiger partial charge on any atom is -0.317 e. The molecule has 0 amide bonds. The first-order valence-corrected chi connectivity index (χ1v) is 7.47. The molecular formula is C15H16Cl2F3N3. The van der Waals surface area contributed by atoms with Crippen LogP contribution in [-0.2, 0) is 6.18 Å². The highest BCUT2D eigenvalue weighted by atomic mass is 35.5. The molecule has 3 rings (SSSR count). The zero-order valence-corrected chi connectivity index (χ0v) is 13.7. The molecule has 1 aliphatic heterocycles. The van der Waals surface area contributed by atoms with E-state index in [2.05, 4.69) is 10.4 Å². The summed E-state index contributed by atoms with van der Waals surface area (Å²) in [6, 6.07) is 7.83. The Morgan fingerprint density at radius 3 is 2.30 bits per heavy atom. The quantitative estimate of drug-likeness (QED) is 0.852. The number of rotatable bonds is 2. The average molecular weight is 366 g/mol. The van der Waals surface area contributed by atoms with Gasteiger partial charge in [-0.2, -0.15) is 18.3 Å². The van der Waals surface area contributed by atoms with Crippen LogP contribution in [0.1, 0.15) is 30.1 Å². The van der Waals surface area contributed by atoms with E-state index in [0.717, 1.165) is 25.9 Å².